The van der Waals surface area contributed by atoms with Crippen molar-refractivity contribution in [1.82, 2.24) is 24.7 Å². The molecule has 0 spiro atoms. The molecule has 194 valence electrons. The predicted molar refractivity (Wildman–Crippen MR) is 133 cm³/mol. The number of anilines is 1. The van der Waals surface area contributed by atoms with Crippen LogP contribution in [0.5, 0.6) is 5.75 Å². The molecular weight excluding hydrogens is 482 g/mol. The molecule has 1 N–H and O–H groups in total. The summed E-state index contributed by atoms with van der Waals surface area (Å²) in [6.45, 7) is 2.94. The first-order valence-electron chi connectivity index (χ1n) is 12.0. The Labute approximate surface area is 212 Å². The highest BCUT2D eigenvalue weighted by molar-refractivity contribution is 5.83. The summed E-state index contributed by atoms with van der Waals surface area (Å²) >= 11 is 0. The van der Waals surface area contributed by atoms with Gasteiger partial charge in [-0.2, -0.15) is 5.10 Å². The maximum Gasteiger partial charge on any atom is 0.167 e. The van der Waals surface area contributed by atoms with Gasteiger partial charge in [-0.3, -0.25) is 9.67 Å². The molecule has 1 saturated heterocycles. The van der Waals surface area contributed by atoms with E-state index >= 15 is 0 Å². The fourth-order valence-electron chi connectivity index (χ4n) is 4.49. The van der Waals surface area contributed by atoms with Crippen LogP contribution in [0.25, 0.3) is 22.3 Å². The summed E-state index contributed by atoms with van der Waals surface area (Å²) in [7, 11) is 3.35. The third kappa shape index (κ3) is 5.23. The lowest BCUT2D eigenvalue weighted by atomic mass is 10.0. The van der Waals surface area contributed by atoms with E-state index < -0.39 is 17.2 Å². The zero-order valence-electron chi connectivity index (χ0n) is 20.9. The SMILES string of the molecule is COC[C@@](C)(O)c1cc2nc(-c3cnn(C)c3)c(N3CCC(Oc4ccc(F)cc4F)CC3)nc2cn1. The highest BCUT2D eigenvalue weighted by Crippen LogP contribution is 2.33. The molecule has 0 amide bonds. The van der Waals surface area contributed by atoms with Crippen LogP contribution in [0.1, 0.15) is 25.5 Å². The van der Waals surface area contributed by atoms with E-state index in [-0.39, 0.29) is 18.5 Å². The number of pyridine rings is 1. The van der Waals surface area contributed by atoms with Gasteiger partial charge in [0, 0.05) is 57.9 Å². The second-order valence-electron chi connectivity index (χ2n) is 9.44. The molecule has 1 aliphatic heterocycles. The van der Waals surface area contributed by atoms with Crippen molar-refractivity contribution in [2.24, 2.45) is 7.05 Å². The minimum atomic E-state index is -1.27. The monoisotopic (exact) mass is 510 g/mol. The Morgan fingerprint density at radius 1 is 1.11 bits per heavy atom. The van der Waals surface area contributed by atoms with Crippen LogP contribution in [0, 0.1) is 11.6 Å². The number of rotatable bonds is 7. The number of aryl methyl sites for hydroxylation is 1. The average molecular weight is 511 g/mol. The topological polar surface area (TPSA) is 98.4 Å². The first kappa shape index (κ1) is 25.0. The largest absolute Gasteiger partial charge is 0.487 e. The Morgan fingerprint density at radius 3 is 2.57 bits per heavy atom. The summed E-state index contributed by atoms with van der Waals surface area (Å²) in [6, 6.07) is 5.05. The minimum Gasteiger partial charge on any atom is -0.487 e. The third-order valence-corrected chi connectivity index (χ3v) is 6.42. The molecule has 9 nitrogen and oxygen atoms in total. The fourth-order valence-corrected chi connectivity index (χ4v) is 4.49. The van der Waals surface area contributed by atoms with Crippen molar-refractivity contribution in [2.45, 2.75) is 31.5 Å². The lowest BCUT2D eigenvalue weighted by Gasteiger charge is -2.33. The normalized spacial score (nSPS) is 16.2. The van der Waals surface area contributed by atoms with E-state index in [9.17, 15) is 13.9 Å². The smallest absolute Gasteiger partial charge is 0.167 e. The summed E-state index contributed by atoms with van der Waals surface area (Å²) in [4.78, 5) is 16.3. The van der Waals surface area contributed by atoms with E-state index in [0.29, 0.717) is 54.2 Å². The quantitative estimate of drug-likeness (QED) is 0.403. The van der Waals surface area contributed by atoms with Gasteiger partial charge < -0.3 is 19.5 Å². The van der Waals surface area contributed by atoms with E-state index in [0.717, 1.165) is 11.6 Å². The molecule has 1 aliphatic rings. The van der Waals surface area contributed by atoms with Gasteiger partial charge in [0.15, 0.2) is 17.4 Å². The summed E-state index contributed by atoms with van der Waals surface area (Å²) in [5.41, 5.74) is 1.81. The van der Waals surface area contributed by atoms with E-state index in [1.165, 1.54) is 19.2 Å². The maximum atomic E-state index is 14.1. The fraction of sp³-hybridized carbons (Fsp3) is 0.385. The lowest BCUT2D eigenvalue weighted by molar-refractivity contribution is -0.0238. The summed E-state index contributed by atoms with van der Waals surface area (Å²) in [5.74, 6) is -0.614. The Morgan fingerprint density at radius 2 is 1.89 bits per heavy atom. The first-order chi connectivity index (χ1) is 17.7. The molecule has 0 bridgehead atoms. The summed E-state index contributed by atoms with van der Waals surface area (Å²) < 4.78 is 39.9. The maximum absolute atomic E-state index is 14.1. The van der Waals surface area contributed by atoms with Gasteiger partial charge in [-0.1, -0.05) is 0 Å². The zero-order chi connectivity index (χ0) is 26.2. The van der Waals surface area contributed by atoms with Gasteiger partial charge in [0.05, 0.1) is 30.2 Å². The molecule has 11 heteroatoms. The van der Waals surface area contributed by atoms with Crippen LogP contribution in [0.2, 0.25) is 0 Å². The van der Waals surface area contributed by atoms with Crippen LogP contribution in [0.3, 0.4) is 0 Å². The van der Waals surface area contributed by atoms with Crippen LogP contribution in [-0.4, -0.2) is 62.7 Å². The Bertz CT molecular complexity index is 1420. The van der Waals surface area contributed by atoms with Crippen molar-refractivity contribution in [1.29, 1.82) is 0 Å². The van der Waals surface area contributed by atoms with Crippen LogP contribution in [0.4, 0.5) is 14.6 Å². The number of piperidine rings is 1. The number of methoxy groups -OCH3 is 1. The second kappa shape index (κ2) is 9.98. The Kier molecular flexibility index (Phi) is 6.74. The van der Waals surface area contributed by atoms with E-state index in [4.69, 9.17) is 19.4 Å². The number of benzene rings is 1. The summed E-state index contributed by atoms with van der Waals surface area (Å²) in [6.07, 6.45) is 6.25. The van der Waals surface area contributed by atoms with Gasteiger partial charge in [-0.25, -0.2) is 18.7 Å². The van der Waals surface area contributed by atoms with E-state index in [2.05, 4.69) is 15.0 Å². The van der Waals surface area contributed by atoms with Gasteiger partial charge >= 0.3 is 0 Å². The van der Waals surface area contributed by atoms with Crippen LogP contribution >= 0.6 is 0 Å². The molecule has 1 aromatic carbocycles. The number of halogens is 2. The zero-order valence-corrected chi connectivity index (χ0v) is 20.9. The van der Waals surface area contributed by atoms with Gasteiger partial charge in [0.1, 0.15) is 28.7 Å². The van der Waals surface area contributed by atoms with E-state index in [1.54, 1.807) is 30.1 Å². The number of ether oxygens (including phenoxy) is 2. The molecule has 0 saturated carbocycles. The van der Waals surface area contributed by atoms with Crippen LogP contribution in [-0.2, 0) is 17.4 Å². The molecule has 0 aliphatic carbocycles. The van der Waals surface area contributed by atoms with Crippen molar-refractivity contribution < 1.29 is 23.4 Å². The Hall–Kier alpha value is -3.70. The first-order valence-corrected chi connectivity index (χ1v) is 12.0. The molecule has 4 heterocycles. The molecule has 1 atom stereocenters. The van der Waals surface area contributed by atoms with Crippen LogP contribution < -0.4 is 9.64 Å². The molecule has 4 aromatic rings. The third-order valence-electron chi connectivity index (χ3n) is 6.42. The van der Waals surface area contributed by atoms with Gasteiger partial charge in [-0.15, -0.1) is 0 Å². The molecule has 1 fully saturated rings. The van der Waals surface area contributed by atoms with Crippen molar-refractivity contribution in [3.8, 4) is 17.0 Å². The van der Waals surface area contributed by atoms with Crippen molar-refractivity contribution in [2.75, 3.05) is 31.7 Å². The van der Waals surface area contributed by atoms with Crippen molar-refractivity contribution in [3.05, 3.63) is 60.2 Å². The highest BCUT2D eigenvalue weighted by Gasteiger charge is 2.28. The number of aromatic nitrogens is 5. The minimum absolute atomic E-state index is 0.0487. The number of hydrogen-bond acceptors (Lipinski definition) is 8. The molecule has 3 aromatic heterocycles. The van der Waals surface area contributed by atoms with Gasteiger partial charge in [-0.05, 0) is 25.1 Å². The van der Waals surface area contributed by atoms with Gasteiger partial charge in [0.2, 0.25) is 0 Å². The summed E-state index contributed by atoms with van der Waals surface area (Å²) in [5, 5.41) is 15.0. The molecule has 37 heavy (non-hydrogen) atoms. The van der Waals surface area contributed by atoms with E-state index in [1.807, 2.05) is 13.2 Å². The standard InChI is InChI=1S/C26H28F2N6O3/c1-26(35,15-36-3)23-11-20-21(13-29-23)32-25(24(31-20)16-12-30-33(2)14-16)34-8-6-18(7-9-34)37-22-5-4-17(27)10-19(22)28/h4-5,10-14,18,35H,6-9,15H2,1-3H3/t26-/m1/s1. The number of hydrogen-bond donors (Lipinski definition) is 1. The number of fused-ring (bicyclic) bond motifs is 1. The number of nitrogens with zero attached hydrogens (tertiary/aromatic N) is 6. The predicted octanol–water partition coefficient (Wildman–Crippen LogP) is 3.61. The van der Waals surface area contributed by atoms with Crippen molar-refractivity contribution >= 4 is 16.9 Å². The molecule has 0 unspecified atom stereocenters. The highest BCUT2D eigenvalue weighted by atomic mass is 19.1. The number of aliphatic hydroxyl groups is 1. The van der Waals surface area contributed by atoms with Gasteiger partial charge in [0.25, 0.3) is 0 Å². The van der Waals surface area contributed by atoms with Crippen LogP contribution in [0.15, 0.2) is 42.9 Å². The molecule has 0 radical (unpaired) electrons. The van der Waals surface area contributed by atoms with Crippen molar-refractivity contribution in [3.63, 3.8) is 0 Å². The molecule has 5 rings (SSSR count). The molecular formula is C26H28F2N6O3. The lowest BCUT2D eigenvalue weighted by Crippen LogP contribution is -2.39. The average Bonchev–Trinajstić information content (AvgIpc) is 3.31. The second-order valence-corrected chi connectivity index (χ2v) is 9.44. The Balaban J connectivity index is 1.44.